The number of nitrogens with two attached hydrogens (primary N) is 2. The van der Waals surface area contributed by atoms with E-state index in [2.05, 4.69) is 128 Å². The second kappa shape index (κ2) is 28.9. The number of benzene rings is 16. The molecule has 0 aliphatic rings. The largest absolute Gasteiger partial charge is 0.456 e. The normalized spacial score (nSPS) is 11.7. The van der Waals surface area contributed by atoms with E-state index in [0.29, 0.717) is 40.8 Å². The fourth-order valence-corrected chi connectivity index (χ4v) is 16.1. The van der Waals surface area contributed by atoms with Gasteiger partial charge in [-0.2, -0.15) is 0 Å². The van der Waals surface area contributed by atoms with Gasteiger partial charge in [0.25, 0.3) is 0 Å². The van der Waals surface area contributed by atoms with Crippen molar-refractivity contribution in [3.63, 3.8) is 0 Å². The topological polar surface area (TPSA) is 241 Å². The number of hydrogen-bond acceptors (Lipinski definition) is 18. The van der Waals surface area contributed by atoms with Gasteiger partial charge in [0.1, 0.15) is 72.2 Å². The fourth-order valence-electron chi connectivity index (χ4n) is 15.9. The molecule has 0 saturated heterocycles. The molecule has 121 heavy (non-hydrogen) atoms. The molecule has 0 spiro atoms. The van der Waals surface area contributed by atoms with Crippen LogP contribution in [0.4, 0.5) is 45.5 Å². The third kappa shape index (κ3) is 12.9. The summed E-state index contributed by atoms with van der Waals surface area (Å²) >= 11 is 3.40. The van der Waals surface area contributed by atoms with Crippen molar-refractivity contribution in [2.75, 3.05) is 21.3 Å². The van der Waals surface area contributed by atoms with Crippen LogP contribution in [0.1, 0.15) is 7.43 Å². The molecule has 19 heteroatoms. The number of fused-ring (bicyclic) bond motifs is 17. The van der Waals surface area contributed by atoms with Crippen LogP contribution < -0.4 is 21.3 Å². The molecular weight excluding hydrogens is 1580 g/mol. The monoisotopic (exact) mass is 1640 g/mol. The SMILES string of the molecule is Brc1ccc(-c2nc3ccccc3o2)cc1.C.Nc1ccc2c(c1)oc1cc3c(cc12)oc1cc(N)ccc13.c1ccc2oc(-c3ccc(N(c4ccc(-c5nc6ccccc6o5)cc4)c4ccc5c(c4)oc4cc6c(cc45)oc4cc(N(c5ccc(-c7nc8ccccc8o7)cc5)c5ccc(-c7nc8ccccc8o7)cc5)ccc46)cc3)nc2c1. The molecule has 16 aromatic carbocycles. The van der Waals surface area contributed by atoms with E-state index >= 15 is 0 Å². The highest BCUT2D eigenvalue weighted by Gasteiger charge is 2.24. The van der Waals surface area contributed by atoms with Gasteiger partial charge in [0.15, 0.2) is 27.9 Å². The first kappa shape index (κ1) is 71.3. The van der Waals surface area contributed by atoms with Crippen LogP contribution in [0, 0.1) is 0 Å². The van der Waals surface area contributed by atoms with E-state index in [1.807, 2.05) is 243 Å². The molecule has 0 saturated carbocycles. The van der Waals surface area contributed by atoms with Crippen molar-refractivity contribution >= 4 is 205 Å². The van der Waals surface area contributed by atoms with Crippen molar-refractivity contribution in [1.82, 2.24) is 24.9 Å². The number of nitrogens with zero attached hydrogens (tertiary/aromatic N) is 7. The van der Waals surface area contributed by atoms with Gasteiger partial charge in [-0.1, -0.05) is 84.0 Å². The number of halogens is 1. The van der Waals surface area contributed by atoms with Gasteiger partial charge < -0.3 is 61.0 Å². The van der Waals surface area contributed by atoms with Gasteiger partial charge >= 0.3 is 0 Å². The van der Waals surface area contributed by atoms with Crippen molar-refractivity contribution in [3.8, 4) is 57.3 Å². The lowest BCUT2D eigenvalue weighted by Crippen LogP contribution is -2.09. The zero-order valence-electron chi connectivity index (χ0n) is 63.2. The third-order valence-corrected chi connectivity index (χ3v) is 22.2. The molecule has 578 valence electrons. The standard InChI is InChI=1S/C70H40N6O6.C18H12N2O2.C13H8BrNO.CH4/c1-5-13-59-55(9-1)71-67(79-59)41-17-25-45(26-18-41)75(46-27-19-42(20-28-46)68-72-56-10-2-6-14-60(56)80-68)49-33-35-51-53-39-66-54(40-65(53)77-63(51)37-49)52-36-34-50(38-64(52)78-66)76(47-29-21-43(22-30-47)69-73-57-11-3-7-15-61(57)81-69)48-31-23-44(24-32-48)70-74-58-12-4-8-16-62(58)82-70;19-9-1-3-11-13-7-18-14(8-17(13)21-15(11)5-9)12-4-2-10(20)6-16(12)22-18;14-10-7-5-9(6-8-10)13-15-11-3-1-2-4-12(11)16-13;/h1-40H;1-8H,19-20H2;1-8H;1H4. The molecule has 0 aliphatic heterocycles. The number of furan rings is 4. The first-order valence-corrected chi connectivity index (χ1v) is 39.6. The van der Waals surface area contributed by atoms with Gasteiger partial charge in [-0.3, -0.25) is 0 Å². The Labute approximate surface area is 695 Å². The lowest BCUT2D eigenvalue weighted by Gasteiger charge is -2.25. The van der Waals surface area contributed by atoms with E-state index in [-0.39, 0.29) is 7.43 Å². The number of oxazole rings is 5. The Hall–Kier alpha value is -16.3. The first-order chi connectivity index (χ1) is 59.0. The molecule has 25 rings (SSSR count). The van der Waals surface area contributed by atoms with Crippen LogP contribution in [0.2, 0.25) is 0 Å². The molecule has 9 aromatic heterocycles. The van der Waals surface area contributed by atoms with Crippen molar-refractivity contribution in [3.05, 3.63) is 344 Å². The Morgan fingerprint density at radius 2 is 0.413 bits per heavy atom. The minimum Gasteiger partial charge on any atom is -0.456 e. The Kier molecular flexibility index (Phi) is 17.0. The molecular formula is C102H64BrN9O9. The second-order valence-electron chi connectivity index (χ2n) is 29.3. The Morgan fingerprint density at radius 1 is 0.198 bits per heavy atom. The van der Waals surface area contributed by atoms with E-state index in [1.165, 1.54) is 0 Å². The molecule has 0 unspecified atom stereocenters. The highest BCUT2D eigenvalue weighted by Crippen LogP contribution is 2.46. The molecule has 0 amide bonds. The van der Waals surface area contributed by atoms with Crippen LogP contribution in [0.25, 0.3) is 201 Å². The summed E-state index contributed by atoms with van der Waals surface area (Å²) in [4.78, 5) is 27.9. The molecule has 25 aromatic rings. The van der Waals surface area contributed by atoms with Crippen molar-refractivity contribution in [2.24, 2.45) is 0 Å². The van der Waals surface area contributed by atoms with Crippen LogP contribution in [-0.4, -0.2) is 24.9 Å². The number of rotatable bonds is 11. The minimum absolute atomic E-state index is 0. The molecule has 4 N–H and O–H groups in total. The van der Waals surface area contributed by atoms with Crippen molar-refractivity contribution < 1.29 is 39.8 Å². The summed E-state index contributed by atoms with van der Waals surface area (Å²) in [5.74, 6) is 2.91. The Bertz CT molecular complexity index is 7470. The predicted octanol–water partition coefficient (Wildman–Crippen LogP) is 29.2. The van der Waals surface area contributed by atoms with E-state index in [9.17, 15) is 0 Å². The summed E-state index contributed by atoms with van der Waals surface area (Å²) in [5.41, 5.74) is 37.2. The van der Waals surface area contributed by atoms with Crippen LogP contribution in [0.15, 0.2) is 384 Å². The highest BCUT2D eigenvalue weighted by molar-refractivity contribution is 9.10. The molecule has 0 bridgehead atoms. The Balaban J connectivity index is 0.000000182. The van der Waals surface area contributed by atoms with Gasteiger partial charge in [0.2, 0.25) is 29.5 Å². The molecule has 0 fully saturated rings. The van der Waals surface area contributed by atoms with Gasteiger partial charge in [-0.25, -0.2) is 24.9 Å². The van der Waals surface area contributed by atoms with E-state index in [0.717, 1.165) is 210 Å². The van der Waals surface area contributed by atoms with Crippen LogP contribution in [0.5, 0.6) is 0 Å². The maximum absolute atomic E-state index is 6.81. The summed E-state index contributed by atoms with van der Waals surface area (Å²) < 4.78 is 56.8. The number of nitrogen functional groups attached to an aromatic ring is 2. The summed E-state index contributed by atoms with van der Waals surface area (Å²) in [6.45, 7) is 0. The predicted molar refractivity (Wildman–Crippen MR) is 486 cm³/mol. The zero-order valence-corrected chi connectivity index (χ0v) is 64.8. The molecule has 18 nitrogen and oxygen atoms in total. The highest BCUT2D eigenvalue weighted by atomic mass is 79.9. The van der Waals surface area contributed by atoms with E-state index in [1.54, 1.807) is 0 Å². The summed E-state index contributed by atoms with van der Waals surface area (Å²) in [6.07, 6.45) is 0. The number of aromatic nitrogens is 5. The maximum atomic E-state index is 6.81. The van der Waals surface area contributed by atoms with E-state index in [4.69, 9.17) is 71.2 Å². The Morgan fingerprint density at radius 3 is 0.669 bits per heavy atom. The summed E-state index contributed by atoms with van der Waals surface area (Å²) in [6, 6.07) is 112. The van der Waals surface area contributed by atoms with Gasteiger partial charge in [-0.15, -0.1) is 0 Å². The molecule has 0 aliphatic carbocycles. The van der Waals surface area contributed by atoms with Crippen LogP contribution in [0.3, 0.4) is 0 Å². The van der Waals surface area contributed by atoms with Crippen LogP contribution >= 0.6 is 15.9 Å². The first-order valence-electron chi connectivity index (χ1n) is 38.8. The van der Waals surface area contributed by atoms with E-state index < -0.39 is 0 Å². The van der Waals surface area contributed by atoms with Gasteiger partial charge in [0.05, 0.1) is 0 Å². The van der Waals surface area contributed by atoms with Crippen LogP contribution in [-0.2, 0) is 0 Å². The second-order valence-corrected chi connectivity index (χ2v) is 30.2. The quantitative estimate of drug-likeness (QED) is 0.114. The average molecular weight is 1640 g/mol. The summed E-state index contributed by atoms with van der Waals surface area (Å²) in [5, 5.41) is 7.94. The molecule has 0 atom stereocenters. The third-order valence-electron chi connectivity index (χ3n) is 21.7. The average Bonchev–Trinajstić information content (AvgIpc) is 1.59. The lowest BCUT2D eigenvalue weighted by atomic mass is 10.1. The lowest BCUT2D eigenvalue weighted by molar-refractivity contribution is 0.619. The number of para-hydroxylation sites is 10. The molecule has 0 radical (unpaired) electrons. The fraction of sp³-hybridized carbons (Fsp3) is 0.00980. The number of anilines is 8. The van der Waals surface area contributed by atoms with Gasteiger partial charge in [-0.05, 0) is 255 Å². The minimum atomic E-state index is 0. The number of hydrogen-bond donors (Lipinski definition) is 2. The zero-order chi connectivity index (χ0) is 79.6. The molecule has 9 heterocycles. The van der Waals surface area contributed by atoms with Gasteiger partial charge in [0, 0.05) is 145 Å². The summed E-state index contributed by atoms with van der Waals surface area (Å²) in [7, 11) is 0. The smallest absolute Gasteiger partial charge is 0.227 e. The van der Waals surface area contributed by atoms with Crippen molar-refractivity contribution in [2.45, 2.75) is 7.43 Å². The maximum Gasteiger partial charge on any atom is 0.227 e. The van der Waals surface area contributed by atoms with Crippen molar-refractivity contribution in [1.29, 1.82) is 0 Å².